The minimum absolute atomic E-state index is 0. The first kappa shape index (κ1) is 25.0. The second-order valence-corrected chi connectivity index (χ2v) is 6.15. The van der Waals surface area contributed by atoms with E-state index in [-0.39, 0.29) is 43.9 Å². The molecule has 2 aromatic carbocycles. The maximum absolute atomic E-state index is 11.9. The molecule has 1 atom stereocenters. The largest absolute Gasteiger partial charge is 1.00 e. The van der Waals surface area contributed by atoms with Crippen LogP contribution in [0.15, 0.2) is 54.6 Å². The Balaban J connectivity index is 0.00000420. The first-order chi connectivity index (χ1) is 13.4. The summed E-state index contributed by atoms with van der Waals surface area (Å²) >= 11 is 5.76. The van der Waals surface area contributed by atoms with Gasteiger partial charge in [-0.2, -0.15) is 0 Å². The molecule has 2 aromatic rings. The smallest absolute Gasteiger partial charge is 1.00 e. The second-order valence-electron chi connectivity index (χ2n) is 5.72. The quantitative estimate of drug-likeness (QED) is 0.222. The minimum Gasteiger partial charge on any atom is -1.00 e. The topological polar surface area (TPSA) is 90.9 Å². The molecular formula is C20H21ClNNaO6. The van der Waals surface area contributed by atoms with Crippen LogP contribution in [0.3, 0.4) is 0 Å². The Labute approximate surface area is 197 Å². The predicted octanol–water partition coefficient (Wildman–Crippen LogP) is 1.13. The van der Waals surface area contributed by atoms with Crippen LogP contribution < -0.4 is 39.6 Å². The summed E-state index contributed by atoms with van der Waals surface area (Å²) < 4.78 is 15.3. The van der Waals surface area contributed by atoms with Crippen molar-refractivity contribution < 1.29 is 59.6 Å². The molecule has 1 N–H and O–H groups in total. The molecule has 1 amide bonds. The van der Waals surface area contributed by atoms with Crippen molar-refractivity contribution in [1.82, 2.24) is 5.32 Å². The van der Waals surface area contributed by atoms with Gasteiger partial charge in [-0.15, -0.1) is 0 Å². The van der Waals surface area contributed by atoms with E-state index in [0.29, 0.717) is 22.8 Å². The number of carbonyl (C=O) groups is 3. The zero-order chi connectivity index (χ0) is 20.4. The minimum atomic E-state index is -1.14. The molecule has 0 bridgehead atoms. The molecule has 0 spiro atoms. The van der Waals surface area contributed by atoms with Gasteiger partial charge in [0.1, 0.15) is 5.75 Å². The van der Waals surface area contributed by atoms with Crippen molar-refractivity contribution in [3.63, 3.8) is 0 Å². The summed E-state index contributed by atoms with van der Waals surface area (Å²) in [7, 11) is 0. The van der Waals surface area contributed by atoms with Crippen LogP contribution in [-0.4, -0.2) is 24.6 Å². The summed E-state index contributed by atoms with van der Waals surface area (Å²) in [4.78, 5) is 34.9. The van der Waals surface area contributed by atoms with E-state index in [4.69, 9.17) is 25.8 Å². The Morgan fingerprint density at radius 1 is 1.03 bits per heavy atom. The summed E-state index contributed by atoms with van der Waals surface area (Å²) in [6.07, 6.45) is -1.45. The van der Waals surface area contributed by atoms with Gasteiger partial charge < -0.3 is 21.0 Å². The van der Waals surface area contributed by atoms with Crippen molar-refractivity contribution in [3.05, 3.63) is 65.2 Å². The van der Waals surface area contributed by atoms with Crippen LogP contribution in [0, 0.1) is 0 Å². The van der Waals surface area contributed by atoms with Crippen molar-refractivity contribution in [2.45, 2.75) is 26.1 Å². The number of halogens is 1. The van der Waals surface area contributed by atoms with Crippen LogP contribution >= 0.6 is 11.6 Å². The van der Waals surface area contributed by atoms with Gasteiger partial charge in [0.2, 0.25) is 0 Å². The third-order valence-electron chi connectivity index (χ3n) is 3.43. The molecule has 9 heteroatoms. The van der Waals surface area contributed by atoms with Gasteiger partial charge in [-0.25, -0.2) is 4.79 Å². The molecule has 29 heavy (non-hydrogen) atoms. The molecule has 0 aliphatic heterocycles. The fraction of sp³-hybridized carbons (Fsp3) is 0.250. The molecular weight excluding hydrogens is 409 g/mol. The number of amides is 1. The third-order valence-corrected chi connectivity index (χ3v) is 3.68. The molecule has 150 valence electrons. The Morgan fingerprint density at radius 3 is 2.31 bits per heavy atom. The Kier molecular flexibility index (Phi) is 11.4. The first-order valence-corrected chi connectivity index (χ1v) is 8.95. The van der Waals surface area contributed by atoms with Gasteiger partial charge in [0.15, 0.2) is 0 Å². The Morgan fingerprint density at radius 2 is 1.69 bits per heavy atom. The molecule has 0 aliphatic carbocycles. The van der Waals surface area contributed by atoms with E-state index < -0.39 is 24.3 Å². The molecule has 0 aliphatic rings. The predicted molar refractivity (Wildman–Crippen MR) is 103 cm³/mol. The van der Waals surface area contributed by atoms with Gasteiger partial charge >= 0.3 is 47.6 Å². The Bertz CT molecular complexity index is 807. The van der Waals surface area contributed by atoms with Crippen LogP contribution in [0.5, 0.6) is 5.75 Å². The number of hydrogen-bond acceptors (Lipinski definition) is 6. The van der Waals surface area contributed by atoms with Gasteiger partial charge in [0, 0.05) is 30.5 Å². The van der Waals surface area contributed by atoms with E-state index in [0.717, 1.165) is 0 Å². The first-order valence-electron chi connectivity index (χ1n) is 8.57. The van der Waals surface area contributed by atoms with E-state index in [1.807, 2.05) is 0 Å². The van der Waals surface area contributed by atoms with Crippen LogP contribution in [0.4, 0.5) is 4.79 Å². The van der Waals surface area contributed by atoms with Crippen LogP contribution in [0.2, 0.25) is 5.02 Å². The van der Waals surface area contributed by atoms with Crippen molar-refractivity contribution in [3.8, 4) is 5.75 Å². The van der Waals surface area contributed by atoms with Crippen LogP contribution in [0.1, 0.15) is 33.0 Å². The summed E-state index contributed by atoms with van der Waals surface area (Å²) in [6, 6.07) is 15.0. The van der Waals surface area contributed by atoms with Crippen LogP contribution in [-0.2, 0) is 19.1 Å². The number of rotatable bonds is 8. The van der Waals surface area contributed by atoms with E-state index >= 15 is 0 Å². The van der Waals surface area contributed by atoms with Gasteiger partial charge in [-0.1, -0.05) is 41.9 Å². The van der Waals surface area contributed by atoms with Gasteiger partial charge in [-0.3, -0.25) is 9.59 Å². The zero-order valence-corrected chi connectivity index (χ0v) is 19.0. The molecule has 0 saturated heterocycles. The normalized spacial score (nSPS) is 10.8. The van der Waals surface area contributed by atoms with E-state index in [2.05, 4.69) is 5.32 Å². The molecule has 0 aromatic heterocycles. The molecule has 0 radical (unpaired) electrons. The van der Waals surface area contributed by atoms with Crippen molar-refractivity contribution in [2.75, 3.05) is 6.54 Å². The Hall–Kier alpha value is -2.06. The van der Waals surface area contributed by atoms with E-state index in [1.54, 1.807) is 54.6 Å². The number of esters is 2. The monoisotopic (exact) mass is 429 g/mol. The van der Waals surface area contributed by atoms with E-state index in [9.17, 15) is 14.4 Å². The fourth-order valence-electron chi connectivity index (χ4n) is 2.17. The maximum atomic E-state index is 11.9. The molecule has 0 heterocycles. The van der Waals surface area contributed by atoms with Gasteiger partial charge in [-0.05, 0) is 30.7 Å². The number of alkyl carbamates (subject to hydrolysis) is 1. The average Bonchev–Trinajstić information content (AvgIpc) is 2.67. The van der Waals surface area contributed by atoms with Crippen molar-refractivity contribution in [2.24, 2.45) is 0 Å². The average molecular weight is 430 g/mol. The number of benzene rings is 2. The molecule has 0 fully saturated rings. The van der Waals surface area contributed by atoms with E-state index in [1.165, 1.54) is 6.92 Å². The summed E-state index contributed by atoms with van der Waals surface area (Å²) in [5.41, 5.74) is 0.527. The molecule has 2 rings (SSSR count). The molecule has 1 unspecified atom stereocenters. The number of carbonyl (C=O) groups excluding carboxylic acids is 3. The van der Waals surface area contributed by atoms with Gasteiger partial charge in [0.05, 0.1) is 0 Å². The molecule has 0 saturated carbocycles. The summed E-state index contributed by atoms with van der Waals surface area (Å²) in [5, 5.41) is 3.05. The van der Waals surface area contributed by atoms with Crippen molar-refractivity contribution in [1.29, 1.82) is 0 Å². The number of ether oxygens (including phenoxy) is 3. The second kappa shape index (κ2) is 13.2. The molecule has 7 nitrogen and oxygen atoms in total. The SMILES string of the molecule is CC(=O)OC(OC(=O)NCCCC(=O)Oc1ccc(Cl)cc1)c1ccccc1.[H-].[Na+]. The fourth-order valence-corrected chi connectivity index (χ4v) is 2.29. The van der Waals surface area contributed by atoms with Gasteiger partial charge in [0.25, 0.3) is 6.29 Å². The number of nitrogens with one attached hydrogen (secondary N) is 1. The maximum Gasteiger partial charge on any atom is 1.00 e. The van der Waals surface area contributed by atoms with Crippen molar-refractivity contribution >= 4 is 29.6 Å². The zero-order valence-electron chi connectivity index (χ0n) is 17.2. The summed E-state index contributed by atoms with van der Waals surface area (Å²) in [5.74, 6) is -0.611. The van der Waals surface area contributed by atoms with Crippen LogP contribution in [0.25, 0.3) is 0 Å². The standard InChI is InChI=1S/C20H20ClNO6.Na.H/c1-14(23)26-19(15-6-3-2-4-7-15)28-20(25)22-13-5-8-18(24)27-17-11-9-16(21)10-12-17;;/h2-4,6-7,9-12,19H,5,8,13H2,1H3,(H,22,25);;/q;+1;-1. The summed E-state index contributed by atoms with van der Waals surface area (Å²) in [6.45, 7) is 1.42. The third kappa shape index (κ3) is 9.80. The number of hydrogen-bond donors (Lipinski definition) is 1.